The molecule has 0 aromatic heterocycles. The second-order valence-corrected chi connectivity index (χ2v) is 20.7. The van der Waals surface area contributed by atoms with Gasteiger partial charge in [0.2, 0.25) is 11.4 Å². The van der Waals surface area contributed by atoms with E-state index in [-0.39, 0.29) is 0 Å². The molecule has 1 aliphatic rings. The van der Waals surface area contributed by atoms with Crippen LogP contribution in [0.4, 0.5) is 0 Å². The second-order valence-electron chi connectivity index (χ2n) is 19.4. The minimum atomic E-state index is 1.03. The Labute approximate surface area is 418 Å². The first-order chi connectivity index (χ1) is 32.9. The number of unbranched alkanes of at least 4 members (excludes halogenated alkanes) is 12. The monoisotopic (exact) mass is 949 g/mol. The number of hydrogen-bond donors (Lipinski definition) is 0. The molecule has 0 N–H and O–H groups in total. The van der Waals surface area contributed by atoms with Gasteiger partial charge in [-0.25, -0.2) is 4.70 Å². The normalized spacial score (nSPS) is 12.7. The van der Waals surface area contributed by atoms with E-state index in [0.717, 1.165) is 75.6 Å². The van der Waals surface area contributed by atoms with Crippen molar-refractivity contribution in [3.8, 4) is 0 Å². The third-order valence-corrected chi connectivity index (χ3v) is 14.9. The molecule has 0 bridgehead atoms. The molecule has 0 unspecified atom stereocenters. The zero-order chi connectivity index (χ0) is 48.1. The zero-order valence-electron chi connectivity index (χ0n) is 44.1. The topological polar surface area (TPSA) is 25.3 Å². The first kappa shape index (κ1) is 56.0. The van der Waals surface area contributed by atoms with Gasteiger partial charge in [0, 0.05) is 22.3 Å². The molecule has 4 aromatic carbocycles. The molecule has 0 aliphatic carbocycles. The maximum absolute atomic E-state index is 12.9. The van der Waals surface area contributed by atoms with Crippen LogP contribution in [0.25, 0.3) is 16.9 Å². The van der Waals surface area contributed by atoms with Crippen LogP contribution in [0.1, 0.15) is 241 Å². The van der Waals surface area contributed by atoms with Gasteiger partial charge in [0.25, 0.3) is 0 Å². The van der Waals surface area contributed by atoms with Gasteiger partial charge < -0.3 is 5.53 Å². The van der Waals surface area contributed by atoms with Gasteiger partial charge >= 0.3 is 84.2 Å². The van der Waals surface area contributed by atoms with Gasteiger partial charge in [-0.15, -0.1) is 0 Å². The van der Waals surface area contributed by atoms with Gasteiger partial charge in [0.1, 0.15) is 0 Å². The Hall–Kier alpha value is -3.55. The van der Waals surface area contributed by atoms with Crippen LogP contribution in [0.2, 0.25) is 0 Å². The Kier molecular flexibility index (Phi) is 27.7. The molecule has 2 nitrogen and oxygen atoms in total. The van der Waals surface area contributed by atoms with E-state index in [1.165, 1.54) is 147 Å². The van der Waals surface area contributed by atoms with E-state index >= 15 is 0 Å². The molecule has 0 saturated heterocycles. The molecule has 0 saturated carbocycles. The van der Waals surface area contributed by atoms with Crippen LogP contribution in [0, 0.1) is 0 Å². The molecule has 0 atom stereocenters. The summed E-state index contributed by atoms with van der Waals surface area (Å²) in [7, 11) is 0. The second kappa shape index (κ2) is 33.1. The van der Waals surface area contributed by atoms with Crippen LogP contribution in [0.3, 0.4) is 0 Å². The Morgan fingerprint density at radius 2 is 0.627 bits per heavy atom. The van der Waals surface area contributed by atoms with Crippen LogP contribution >= 0.6 is 0 Å². The molecule has 67 heavy (non-hydrogen) atoms. The van der Waals surface area contributed by atoms with Crippen LogP contribution in [0.15, 0.2) is 96.1 Å². The van der Waals surface area contributed by atoms with E-state index in [2.05, 4.69) is 128 Å². The molecule has 0 fully saturated rings. The van der Waals surface area contributed by atoms with E-state index in [0.29, 0.717) is 0 Å². The van der Waals surface area contributed by atoms with E-state index in [9.17, 15) is 5.53 Å². The van der Waals surface area contributed by atoms with Crippen molar-refractivity contribution in [2.75, 3.05) is 0 Å². The van der Waals surface area contributed by atoms with Gasteiger partial charge in [0.05, 0.1) is 0 Å². The molecule has 0 spiro atoms. The van der Waals surface area contributed by atoms with Crippen molar-refractivity contribution in [2.45, 2.75) is 235 Å². The fourth-order valence-corrected chi connectivity index (χ4v) is 10.9. The van der Waals surface area contributed by atoms with Gasteiger partial charge in [-0.3, -0.25) is 0 Å². The standard InChI is InChI=1S/C52H84N2.2C6H5.Ni/c1-9-17-25-29-41-37-45(38-42(30-26-18-10-2)47(41)33-21-13-5)51-49(35-23-15-7)50(36-24-16-8)52(54(51)53)46-39-43(31-27-19-11-3)48(34-22-14-6)44(40-46)32-28-20-12-4;2*1-2-4-6-5-3-1;/h37-40H,9-36H2,1-8H3;2*1-5H;. The maximum atomic E-state index is 12.9. The van der Waals surface area contributed by atoms with Crippen LogP contribution in [-0.4, -0.2) is 4.70 Å². The summed E-state index contributed by atoms with van der Waals surface area (Å²) < 4.78 is 4.33. The Balaban J connectivity index is 0.000000639. The molecule has 5 rings (SSSR count). The van der Waals surface area contributed by atoms with Crippen molar-refractivity contribution in [2.24, 2.45) is 0 Å². The first-order valence-electron chi connectivity index (χ1n) is 27.8. The summed E-state index contributed by atoms with van der Waals surface area (Å²) in [5.41, 5.74) is 29.9. The number of hydrogen-bond acceptors (Lipinski definition) is 0. The van der Waals surface area contributed by atoms with Crippen molar-refractivity contribution in [1.29, 1.82) is 0 Å². The Bertz CT molecular complexity index is 1860. The number of nitrogens with zero attached hydrogens (tertiary/aromatic N) is 2. The molecule has 1 aliphatic heterocycles. The molecule has 0 amide bonds. The number of benzene rings is 4. The SMILES string of the molecule is CCCCCc1cc(C2=C(CCCC)C(CCCC)=C(c3cc(CCCCC)c(CCCC)c(CCCCC)c3)[N+]2=[N-])cc(CCCCC)c1CCCC.c1cc[c]([Ni][c]2ccccc2)cc1. The first-order valence-corrected chi connectivity index (χ1v) is 28.8. The molecule has 370 valence electrons. The van der Waals surface area contributed by atoms with Crippen molar-refractivity contribution >= 4 is 20.5 Å². The molecule has 1 heterocycles. The minimum absolute atomic E-state index is 1.03. The summed E-state index contributed by atoms with van der Waals surface area (Å²) in [6.45, 7) is 18.6. The quantitative estimate of drug-likeness (QED) is 0.0265. The predicted molar refractivity (Wildman–Crippen MR) is 292 cm³/mol. The average Bonchev–Trinajstić information content (AvgIpc) is 3.62. The summed E-state index contributed by atoms with van der Waals surface area (Å²) in [4.78, 5) is 0. The summed E-state index contributed by atoms with van der Waals surface area (Å²) in [5, 5.41) is 0. The average molecular weight is 950 g/mol. The Morgan fingerprint density at radius 1 is 0.343 bits per heavy atom. The fourth-order valence-electron chi connectivity index (χ4n) is 9.88. The van der Waals surface area contributed by atoms with Gasteiger partial charge in [-0.1, -0.05) is 132 Å². The number of rotatable bonds is 32. The number of aryl methyl sites for hydroxylation is 4. The van der Waals surface area contributed by atoms with Crippen LogP contribution < -0.4 is 9.07 Å². The third-order valence-electron chi connectivity index (χ3n) is 13.7. The van der Waals surface area contributed by atoms with Gasteiger partial charge in [-0.2, -0.15) is 0 Å². The zero-order valence-corrected chi connectivity index (χ0v) is 45.1. The van der Waals surface area contributed by atoms with E-state index in [1.54, 1.807) is 52.5 Å². The summed E-state index contributed by atoms with van der Waals surface area (Å²) in [6, 6.07) is 31.0. The van der Waals surface area contributed by atoms with Crippen molar-refractivity contribution < 1.29 is 19.1 Å². The van der Waals surface area contributed by atoms with E-state index in [4.69, 9.17) is 0 Å². The van der Waals surface area contributed by atoms with Crippen molar-refractivity contribution in [1.82, 2.24) is 0 Å². The van der Waals surface area contributed by atoms with E-state index in [1.807, 2.05) is 12.1 Å². The van der Waals surface area contributed by atoms with Gasteiger partial charge in [0.15, 0.2) is 0 Å². The Morgan fingerprint density at radius 3 is 0.910 bits per heavy atom. The summed E-state index contributed by atoms with van der Waals surface area (Å²) in [6.07, 6.45) is 33.7. The van der Waals surface area contributed by atoms with Crippen LogP contribution in [0.5, 0.6) is 0 Å². The molecular formula is C64H94N2Ni. The van der Waals surface area contributed by atoms with Gasteiger partial charge in [-0.05, 0) is 160 Å². The third kappa shape index (κ3) is 18.0. The molecule has 4 aromatic rings. The molecule has 0 radical (unpaired) electrons. The van der Waals surface area contributed by atoms with Crippen molar-refractivity contribution in [3.63, 3.8) is 0 Å². The molecule has 3 heteroatoms. The number of allylic oxidation sites excluding steroid dienone is 2. The van der Waals surface area contributed by atoms with Crippen LogP contribution in [-0.2, 0) is 53.0 Å². The molecular weight excluding hydrogens is 855 g/mol. The predicted octanol–water partition coefficient (Wildman–Crippen LogP) is 18.6. The van der Waals surface area contributed by atoms with E-state index < -0.39 is 0 Å². The summed E-state index contributed by atoms with van der Waals surface area (Å²) >= 11 is 1.60. The fraction of sp³-hybridized carbons (Fsp3) is 0.562. The summed E-state index contributed by atoms with van der Waals surface area (Å²) in [5.74, 6) is 0. The van der Waals surface area contributed by atoms with Crippen molar-refractivity contribution in [3.05, 3.63) is 146 Å².